The predicted molar refractivity (Wildman–Crippen MR) is 77.6 cm³/mol. The van der Waals surface area contributed by atoms with Crippen LogP contribution < -0.4 is 5.73 Å². The van der Waals surface area contributed by atoms with E-state index in [1.165, 1.54) is 12.1 Å². The smallest absolute Gasteiger partial charge is 0.197 e. The molecule has 0 amide bonds. The number of carbonyl (C=O) groups excluding carboxylic acids is 1. The van der Waals surface area contributed by atoms with Crippen molar-refractivity contribution in [1.29, 1.82) is 0 Å². The van der Waals surface area contributed by atoms with Crippen LogP contribution in [0.1, 0.15) is 15.9 Å². The maximum atomic E-state index is 13.0. The molecule has 1 aromatic heterocycles. The summed E-state index contributed by atoms with van der Waals surface area (Å²) >= 11 is 5.90. The molecule has 0 saturated carbocycles. The molecule has 0 atom stereocenters. The van der Waals surface area contributed by atoms with E-state index in [9.17, 15) is 9.18 Å². The van der Waals surface area contributed by atoms with Crippen LogP contribution in [0.4, 0.5) is 10.1 Å². The molecular formula is C15H10ClFN2O. The number of hydrogen-bond donors (Lipinski definition) is 2. The summed E-state index contributed by atoms with van der Waals surface area (Å²) in [5, 5.41) is 1.34. The van der Waals surface area contributed by atoms with Crippen LogP contribution >= 0.6 is 11.6 Å². The van der Waals surface area contributed by atoms with Gasteiger partial charge in [-0.2, -0.15) is 0 Å². The summed E-state index contributed by atoms with van der Waals surface area (Å²) < 4.78 is 13.0. The van der Waals surface area contributed by atoms with Crippen LogP contribution in [-0.4, -0.2) is 10.8 Å². The maximum absolute atomic E-state index is 13.0. The molecular weight excluding hydrogens is 279 g/mol. The Morgan fingerprint density at radius 1 is 1.15 bits per heavy atom. The lowest BCUT2D eigenvalue weighted by atomic mass is 10.0. The number of rotatable bonds is 2. The minimum absolute atomic E-state index is 0.123. The van der Waals surface area contributed by atoms with Crippen molar-refractivity contribution >= 4 is 34.0 Å². The summed E-state index contributed by atoms with van der Waals surface area (Å²) in [6.07, 6.45) is 1.60. The van der Waals surface area contributed by atoms with Gasteiger partial charge in [0.25, 0.3) is 0 Å². The maximum Gasteiger partial charge on any atom is 0.197 e. The molecule has 20 heavy (non-hydrogen) atoms. The van der Waals surface area contributed by atoms with Gasteiger partial charge in [-0.1, -0.05) is 17.7 Å². The highest BCUT2D eigenvalue weighted by Crippen LogP contribution is 2.26. The van der Waals surface area contributed by atoms with Gasteiger partial charge in [0.2, 0.25) is 0 Å². The monoisotopic (exact) mass is 288 g/mol. The number of H-pyrrole nitrogens is 1. The van der Waals surface area contributed by atoms with E-state index in [0.717, 1.165) is 17.0 Å². The highest BCUT2D eigenvalue weighted by atomic mass is 35.5. The first-order valence-electron chi connectivity index (χ1n) is 5.92. The molecule has 3 aromatic rings. The molecule has 0 spiro atoms. The topological polar surface area (TPSA) is 58.9 Å². The largest absolute Gasteiger partial charge is 0.398 e. The van der Waals surface area contributed by atoms with Gasteiger partial charge in [0.05, 0.1) is 0 Å². The molecule has 5 heteroatoms. The van der Waals surface area contributed by atoms with Crippen LogP contribution in [0.25, 0.3) is 10.9 Å². The summed E-state index contributed by atoms with van der Waals surface area (Å²) in [4.78, 5) is 15.5. The summed E-state index contributed by atoms with van der Waals surface area (Å²) in [5.74, 6) is -0.721. The first kappa shape index (κ1) is 12.7. The molecule has 0 aliphatic heterocycles. The SMILES string of the molecule is Nc1cc(F)ccc1C(=O)c1c[nH]c2cc(Cl)ccc12. The van der Waals surface area contributed by atoms with Gasteiger partial charge in [-0.25, -0.2) is 4.39 Å². The minimum Gasteiger partial charge on any atom is -0.398 e. The number of benzene rings is 2. The third-order valence-corrected chi connectivity index (χ3v) is 3.38. The Bertz CT molecular complexity index is 826. The number of aromatic amines is 1. The lowest BCUT2D eigenvalue weighted by Gasteiger charge is -2.04. The van der Waals surface area contributed by atoms with Crippen molar-refractivity contribution in [1.82, 2.24) is 4.98 Å². The standard InChI is InChI=1S/C15H10ClFN2O/c16-8-1-3-10-12(7-19-14(10)5-8)15(20)11-4-2-9(17)6-13(11)18/h1-7,19H,18H2. The lowest BCUT2D eigenvalue weighted by Crippen LogP contribution is -2.05. The number of halogens is 2. The van der Waals surface area contributed by atoms with Gasteiger partial charge in [-0.3, -0.25) is 4.79 Å². The first-order valence-corrected chi connectivity index (χ1v) is 6.30. The summed E-state index contributed by atoms with van der Waals surface area (Å²) in [6, 6.07) is 8.96. The van der Waals surface area contributed by atoms with Gasteiger partial charge in [0.15, 0.2) is 5.78 Å². The highest BCUT2D eigenvalue weighted by molar-refractivity contribution is 6.31. The van der Waals surface area contributed by atoms with E-state index in [2.05, 4.69) is 4.98 Å². The molecule has 3 rings (SSSR count). The molecule has 1 heterocycles. The quantitative estimate of drug-likeness (QED) is 0.557. The van der Waals surface area contributed by atoms with E-state index in [1.807, 2.05) is 0 Å². The number of nitrogens with two attached hydrogens (primary N) is 1. The van der Waals surface area contributed by atoms with Gasteiger partial charge in [0.1, 0.15) is 5.82 Å². The predicted octanol–water partition coefficient (Wildman–Crippen LogP) is 3.77. The van der Waals surface area contributed by atoms with E-state index < -0.39 is 5.82 Å². The molecule has 0 aliphatic carbocycles. The molecule has 100 valence electrons. The summed E-state index contributed by atoms with van der Waals surface area (Å²) in [6.45, 7) is 0. The number of ketones is 1. The number of carbonyl (C=O) groups is 1. The Balaban J connectivity index is 2.13. The van der Waals surface area contributed by atoms with Crippen molar-refractivity contribution in [3.05, 3.63) is 64.6 Å². The number of fused-ring (bicyclic) bond motifs is 1. The Morgan fingerprint density at radius 2 is 1.95 bits per heavy atom. The zero-order chi connectivity index (χ0) is 14.3. The van der Waals surface area contributed by atoms with Gasteiger partial charge in [0, 0.05) is 38.9 Å². The van der Waals surface area contributed by atoms with Crippen LogP contribution in [0.5, 0.6) is 0 Å². The van der Waals surface area contributed by atoms with E-state index in [-0.39, 0.29) is 17.0 Å². The van der Waals surface area contributed by atoms with E-state index in [1.54, 1.807) is 24.4 Å². The molecule has 0 fully saturated rings. The number of hydrogen-bond acceptors (Lipinski definition) is 2. The Kier molecular flexibility index (Phi) is 2.95. The zero-order valence-corrected chi connectivity index (χ0v) is 11.0. The zero-order valence-electron chi connectivity index (χ0n) is 10.3. The Labute approximate surface area is 119 Å². The van der Waals surface area contributed by atoms with Gasteiger partial charge in [-0.05, 0) is 30.3 Å². The Morgan fingerprint density at radius 3 is 2.70 bits per heavy atom. The summed E-state index contributed by atoms with van der Waals surface area (Å²) in [5.41, 5.74) is 7.35. The first-order chi connectivity index (χ1) is 9.56. The van der Waals surface area contributed by atoms with Crippen molar-refractivity contribution < 1.29 is 9.18 Å². The average molecular weight is 289 g/mol. The minimum atomic E-state index is -0.468. The second-order valence-corrected chi connectivity index (χ2v) is 4.89. The van der Waals surface area contributed by atoms with Crippen molar-refractivity contribution in [3.8, 4) is 0 Å². The molecule has 0 radical (unpaired) electrons. The van der Waals surface area contributed by atoms with Crippen molar-refractivity contribution in [2.45, 2.75) is 0 Å². The molecule has 3 N–H and O–H groups in total. The van der Waals surface area contributed by atoms with Crippen LogP contribution in [0.3, 0.4) is 0 Å². The fourth-order valence-electron chi connectivity index (χ4n) is 2.17. The van der Waals surface area contributed by atoms with Crippen LogP contribution in [0.2, 0.25) is 5.02 Å². The Hall–Kier alpha value is -2.33. The van der Waals surface area contributed by atoms with Crippen LogP contribution in [-0.2, 0) is 0 Å². The number of aromatic nitrogens is 1. The second-order valence-electron chi connectivity index (χ2n) is 4.45. The van der Waals surface area contributed by atoms with Crippen molar-refractivity contribution in [3.63, 3.8) is 0 Å². The molecule has 0 unspecified atom stereocenters. The fraction of sp³-hybridized carbons (Fsp3) is 0. The van der Waals surface area contributed by atoms with Crippen LogP contribution in [0, 0.1) is 5.82 Å². The van der Waals surface area contributed by atoms with Crippen LogP contribution in [0.15, 0.2) is 42.6 Å². The van der Waals surface area contributed by atoms with Crippen molar-refractivity contribution in [2.75, 3.05) is 5.73 Å². The highest BCUT2D eigenvalue weighted by Gasteiger charge is 2.17. The van der Waals surface area contributed by atoms with E-state index in [0.29, 0.717) is 10.6 Å². The molecule has 3 nitrogen and oxygen atoms in total. The number of anilines is 1. The molecule has 2 aromatic carbocycles. The van der Waals surface area contributed by atoms with Gasteiger partial charge >= 0.3 is 0 Å². The van der Waals surface area contributed by atoms with Gasteiger partial charge in [-0.15, -0.1) is 0 Å². The van der Waals surface area contributed by atoms with E-state index in [4.69, 9.17) is 17.3 Å². The normalized spacial score (nSPS) is 10.9. The second kappa shape index (κ2) is 4.65. The fourth-order valence-corrected chi connectivity index (χ4v) is 2.34. The average Bonchev–Trinajstić information content (AvgIpc) is 2.80. The summed E-state index contributed by atoms with van der Waals surface area (Å²) in [7, 11) is 0. The lowest BCUT2D eigenvalue weighted by molar-refractivity contribution is 0.104. The third-order valence-electron chi connectivity index (χ3n) is 3.15. The molecule has 0 saturated heterocycles. The third kappa shape index (κ3) is 2.04. The van der Waals surface area contributed by atoms with Gasteiger partial charge < -0.3 is 10.7 Å². The number of nitrogens with one attached hydrogen (secondary N) is 1. The molecule has 0 aliphatic rings. The van der Waals surface area contributed by atoms with Crippen molar-refractivity contribution in [2.24, 2.45) is 0 Å². The van der Waals surface area contributed by atoms with E-state index >= 15 is 0 Å². The number of nitrogen functional groups attached to an aromatic ring is 1. The molecule has 0 bridgehead atoms.